The van der Waals surface area contributed by atoms with Gasteiger partial charge in [0.05, 0.1) is 12.6 Å². The summed E-state index contributed by atoms with van der Waals surface area (Å²) >= 11 is 5.94. The van der Waals surface area contributed by atoms with Crippen molar-refractivity contribution in [3.8, 4) is 0 Å². The number of ether oxygens (including phenoxy) is 1. The molecule has 0 radical (unpaired) electrons. The van der Waals surface area contributed by atoms with Crippen LogP contribution in [0, 0.1) is 5.41 Å². The van der Waals surface area contributed by atoms with Gasteiger partial charge in [-0.2, -0.15) is 0 Å². The Hall–Kier alpha value is -1.63. The van der Waals surface area contributed by atoms with Gasteiger partial charge in [-0.05, 0) is 30.5 Å². The van der Waals surface area contributed by atoms with Crippen molar-refractivity contribution in [3.63, 3.8) is 0 Å². The highest BCUT2D eigenvalue weighted by atomic mass is 35.5. The van der Waals surface area contributed by atoms with Crippen LogP contribution < -0.4 is 5.32 Å². The summed E-state index contributed by atoms with van der Waals surface area (Å²) < 4.78 is 5.57. The Bertz CT molecular complexity index is 639. The minimum absolute atomic E-state index is 0.0673. The van der Waals surface area contributed by atoms with Gasteiger partial charge in [0.2, 0.25) is 5.91 Å². The molecule has 25 heavy (non-hydrogen) atoms. The number of nitrogens with one attached hydrogen (secondary N) is 1. The van der Waals surface area contributed by atoms with E-state index in [1.807, 2.05) is 0 Å². The van der Waals surface area contributed by atoms with Crippen LogP contribution in [0.3, 0.4) is 0 Å². The molecular weight excluding hydrogens is 344 g/mol. The largest absolute Gasteiger partial charge is 0.396 e. The predicted octanol–water partition coefficient (Wildman–Crippen LogP) is 1.52. The molecule has 1 saturated carbocycles. The first-order valence-corrected chi connectivity index (χ1v) is 8.85. The highest BCUT2D eigenvalue weighted by Gasteiger charge is 2.42. The Morgan fingerprint density at radius 1 is 1.40 bits per heavy atom. The molecule has 0 bridgehead atoms. The molecule has 1 aromatic rings. The summed E-state index contributed by atoms with van der Waals surface area (Å²) in [6.45, 7) is 0.370. The van der Waals surface area contributed by atoms with E-state index < -0.39 is 12.1 Å². The van der Waals surface area contributed by atoms with Crippen LogP contribution >= 0.6 is 11.6 Å². The molecule has 7 heteroatoms. The molecule has 3 rings (SSSR count). The summed E-state index contributed by atoms with van der Waals surface area (Å²) in [6, 6.07) is 6.55. The Labute approximate surface area is 152 Å². The molecule has 2 N–H and O–H groups in total. The van der Waals surface area contributed by atoms with Gasteiger partial charge in [0.15, 0.2) is 6.10 Å². The average Bonchev–Trinajstić information content (AvgIpc) is 2.57. The highest BCUT2D eigenvalue weighted by molar-refractivity contribution is 6.30. The third kappa shape index (κ3) is 3.66. The second-order valence-corrected chi connectivity index (χ2v) is 7.40. The number of likely N-dealkylation sites (N-methyl/N-ethyl adjacent to an activating group) is 1. The van der Waals surface area contributed by atoms with E-state index >= 15 is 0 Å². The minimum Gasteiger partial charge on any atom is -0.396 e. The average molecular weight is 367 g/mol. The van der Waals surface area contributed by atoms with Gasteiger partial charge in [-0.1, -0.05) is 30.2 Å². The molecule has 1 heterocycles. The van der Waals surface area contributed by atoms with Crippen molar-refractivity contribution >= 4 is 23.4 Å². The lowest BCUT2D eigenvalue weighted by molar-refractivity contribution is -0.162. The zero-order valence-electron chi connectivity index (χ0n) is 14.2. The summed E-state index contributed by atoms with van der Waals surface area (Å²) in [7, 11) is 1.67. The molecule has 1 aliphatic heterocycles. The molecule has 0 aromatic heterocycles. The SMILES string of the molecule is CN1C(=O)COC(C(=O)NCC2(CO)CCC2)C1c1ccc(Cl)cc1. The van der Waals surface area contributed by atoms with Crippen molar-refractivity contribution in [1.82, 2.24) is 10.2 Å². The first-order chi connectivity index (χ1) is 12.0. The predicted molar refractivity (Wildman–Crippen MR) is 93.1 cm³/mol. The lowest BCUT2D eigenvalue weighted by atomic mass is 9.69. The van der Waals surface area contributed by atoms with E-state index in [0.717, 1.165) is 24.8 Å². The van der Waals surface area contributed by atoms with Gasteiger partial charge in [-0.3, -0.25) is 9.59 Å². The summed E-state index contributed by atoms with van der Waals surface area (Å²) in [5.41, 5.74) is 0.586. The lowest BCUT2D eigenvalue weighted by Gasteiger charge is -2.42. The van der Waals surface area contributed by atoms with Gasteiger partial charge < -0.3 is 20.1 Å². The maximum Gasteiger partial charge on any atom is 0.251 e. The van der Waals surface area contributed by atoms with E-state index in [-0.39, 0.29) is 30.4 Å². The fraction of sp³-hybridized carbons (Fsp3) is 0.556. The van der Waals surface area contributed by atoms with Gasteiger partial charge in [0.25, 0.3) is 5.91 Å². The minimum atomic E-state index is -0.792. The van der Waals surface area contributed by atoms with E-state index in [1.54, 1.807) is 36.2 Å². The topological polar surface area (TPSA) is 78.9 Å². The zero-order valence-corrected chi connectivity index (χ0v) is 15.0. The van der Waals surface area contributed by atoms with Crippen LogP contribution in [0.2, 0.25) is 5.02 Å². The van der Waals surface area contributed by atoms with Crippen LogP contribution in [0.4, 0.5) is 0 Å². The number of aliphatic hydroxyl groups is 1. The normalized spacial score (nSPS) is 25.4. The monoisotopic (exact) mass is 366 g/mol. The number of amides is 2. The van der Waals surface area contributed by atoms with Crippen molar-refractivity contribution in [2.24, 2.45) is 5.41 Å². The zero-order chi connectivity index (χ0) is 18.0. The van der Waals surface area contributed by atoms with Crippen LogP contribution in [0.1, 0.15) is 30.9 Å². The van der Waals surface area contributed by atoms with Crippen LogP contribution in [-0.2, 0) is 14.3 Å². The van der Waals surface area contributed by atoms with Crippen molar-refractivity contribution in [2.45, 2.75) is 31.4 Å². The number of hydrogen-bond acceptors (Lipinski definition) is 4. The third-order valence-electron chi connectivity index (χ3n) is 5.34. The van der Waals surface area contributed by atoms with Gasteiger partial charge >= 0.3 is 0 Å². The molecule has 2 aliphatic rings. The van der Waals surface area contributed by atoms with Gasteiger partial charge in [0, 0.05) is 24.0 Å². The highest BCUT2D eigenvalue weighted by Crippen LogP contribution is 2.39. The number of nitrogens with zero attached hydrogens (tertiary/aromatic N) is 1. The Balaban J connectivity index is 1.75. The number of halogens is 1. The summed E-state index contributed by atoms with van der Waals surface area (Å²) in [6.07, 6.45) is 2.10. The number of carbonyl (C=O) groups excluding carboxylic acids is 2. The maximum atomic E-state index is 12.7. The molecule has 6 nitrogen and oxygen atoms in total. The Kier molecular flexibility index (Phi) is 5.32. The second-order valence-electron chi connectivity index (χ2n) is 6.96. The molecule has 2 fully saturated rings. The van der Waals surface area contributed by atoms with Crippen molar-refractivity contribution in [1.29, 1.82) is 0 Å². The van der Waals surface area contributed by atoms with Crippen LogP contribution in [0.25, 0.3) is 0 Å². The number of carbonyl (C=O) groups is 2. The molecule has 1 aliphatic carbocycles. The fourth-order valence-corrected chi connectivity index (χ4v) is 3.56. The fourth-order valence-electron chi connectivity index (χ4n) is 3.43. The second kappa shape index (κ2) is 7.32. The molecule has 0 spiro atoms. The van der Waals surface area contributed by atoms with Crippen molar-refractivity contribution < 1.29 is 19.4 Å². The molecule has 1 aromatic carbocycles. The smallest absolute Gasteiger partial charge is 0.251 e. The molecule has 2 atom stereocenters. The number of hydrogen-bond donors (Lipinski definition) is 2. The third-order valence-corrected chi connectivity index (χ3v) is 5.59. The standard InChI is InChI=1S/C18H23ClN2O4/c1-21-14(23)9-25-16(15(21)12-3-5-13(19)6-4-12)17(24)20-10-18(11-22)7-2-8-18/h3-6,15-16,22H,2,7-11H2,1H3,(H,20,24). The van der Waals surface area contributed by atoms with Gasteiger partial charge in [-0.15, -0.1) is 0 Å². The van der Waals surface area contributed by atoms with Crippen molar-refractivity contribution in [3.05, 3.63) is 34.9 Å². The number of rotatable bonds is 5. The molecule has 2 unspecified atom stereocenters. The van der Waals surface area contributed by atoms with Gasteiger partial charge in [-0.25, -0.2) is 0 Å². The van der Waals surface area contributed by atoms with E-state index in [4.69, 9.17) is 16.3 Å². The van der Waals surface area contributed by atoms with E-state index in [9.17, 15) is 14.7 Å². The Morgan fingerprint density at radius 2 is 2.08 bits per heavy atom. The quantitative estimate of drug-likeness (QED) is 0.828. The summed E-state index contributed by atoms with van der Waals surface area (Å²) in [5, 5.41) is 13.0. The summed E-state index contributed by atoms with van der Waals surface area (Å²) in [4.78, 5) is 26.3. The lowest BCUT2D eigenvalue weighted by Crippen LogP contribution is -2.55. The number of aliphatic hydroxyl groups excluding tert-OH is 1. The summed E-state index contributed by atoms with van der Waals surface area (Å²) in [5.74, 6) is -0.436. The molecule has 1 saturated heterocycles. The maximum absolute atomic E-state index is 12.7. The first-order valence-electron chi connectivity index (χ1n) is 8.47. The van der Waals surface area contributed by atoms with E-state index in [0.29, 0.717) is 11.6 Å². The van der Waals surface area contributed by atoms with Crippen LogP contribution in [0.5, 0.6) is 0 Å². The van der Waals surface area contributed by atoms with Crippen LogP contribution in [-0.4, -0.2) is 54.7 Å². The van der Waals surface area contributed by atoms with Gasteiger partial charge in [0.1, 0.15) is 6.61 Å². The van der Waals surface area contributed by atoms with E-state index in [1.165, 1.54) is 0 Å². The Morgan fingerprint density at radius 3 is 2.64 bits per heavy atom. The first kappa shape index (κ1) is 18.2. The van der Waals surface area contributed by atoms with E-state index in [2.05, 4.69) is 5.32 Å². The molecule has 136 valence electrons. The van der Waals surface area contributed by atoms with Crippen molar-refractivity contribution in [2.75, 3.05) is 26.8 Å². The number of morpholine rings is 1. The molecule has 2 amide bonds. The molecular formula is C18H23ClN2O4. The van der Waals surface area contributed by atoms with Crippen LogP contribution in [0.15, 0.2) is 24.3 Å². The number of benzene rings is 1.